The number of alkyl halides is 1. The van der Waals surface area contributed by atoms with Crippen molar-refractivity contribution in [3.8, 4) is 0 Å². The largest absolute Gasteiger partial charge is 0.386 e. The molecule has 1 heterocycles. The summed E-state index contributed by atoms with van der Waals surface area (Å²) < 4.78 is 18.7. The van der Waals surface area contributed by atoms with Crippen LogP contribution in [0.2, 0.25) is 0 Å². The number of hydrogen-bond donors (Lipinski definition) is 1. The standard InChI is InChI=1S/C9H17FO2S/c1-4-6-7(10)8(11)9(12-6)13-5(2)3/h5-9,11H,4H2,1-3H3. The molecule has 0 bridgehead atoms. The summed E-state index contributed by atoms with van der Waals surface area (Å²) in [6.45, 7) is 5.88. The van der Waals surface area contributed by atoms with Crippen LogP contribution in [0.5, 0.6) is 0 Å². The van der Waals surface area contributed by atoms with E-state index in [0.717, 1.165) is 0 Å². The second-order valence-electron chi connectivity index (χ2n) is 3.57. The number of ether oxygens (including phenoxy) is 1. The van der Waals surface area contributed by atoms with E-state index in [1.165, 1.54) is 11.8 Å². The maximum Gasteiger partial charge on any atom is 0.155 e. The molecule has 0 spiro atoms. The van der Waals surface area contributed by atoms with Gasteiger partial charge in [-0.3, -0.25) is 0 Å². The number of rotatable bonds is 3. The average Bonchev–Trinajstić information content (AvgIpc) is 2.32. The van der Waals surface area contributed by atoms with Crippen molar-refractivity contribution in [2.75, 3.05) is 0 Å². The molecule has 0 radical (unpaired) electrons. The molecule has 1 fully saturated rings. The highest BCUT2D eigenvalue weighted by Gasteiger charge is 2.43. The molecule has 4 atom stereocenters. The summed E-state index contributed by atoms with van der Waals surface area (Å²) in [7, 11) is 0. The fourth-order valence-corrected chi connectivity index (χ4v) is 2.45. The molecule has 4 heteroatoms. The number of hydrogen-bond acceptors (Lipinski definition) is 3. The third kappa shape index (κ3) is 2.58. The van der Waals surface area contributed by atoms with Crippen LogP contribution in [0, 0.1) is 0 Å². The predicted molar refractivity (Wildman–Crippen MR) is 52.6 cm³/mol. The lowest BCUT2D eigenvalue weighted by Crippen LogP contribution is -2.27. The Kier molecular flexibility index (Phi) is 4.01. The van der Waals surface area contributed by atoms with Crippen LogP contribution in [0.25, 0.3) is 0 Å². The van der Waals surface area contributed by atoms with Gasteiger partial charge in [0, 0.05) is 5.25 Å². The lowest BCUT2D eigenvalue weighted by Gasteiger charge is -2.15. The average molecular weight is 208 g/mol. The van der Waals surface area contributed by atoms with Crippen LogP contribution in [-0.2, 0) is 4.74 Å². The van der Waals surface area contributed by atoms with Gasteiger partial charge < -0.3 is 9.84 Å². The van der Waals surface area contributed by atoms with Gasteiger partial charge in [-0.2, -0.15) is 0 Å². The second-order valence-corrected chi connectivity index (χ2v) is 5.25. The summed E-state index contributed by atoms with van der Waals surface area (Å²) in [6, 6.07) is 0. The quantitative estimate of drug-likeness (QED) is 0.769. The van der Waals surface area contributed by atoms with Gasteiger partial charge in [-0.25, -0.2) is 4.39 Å². The van der Waals surface area contributed by atoms with Gasteiger partial charge in [0.2, 0.25) is 0 Å². The normalized spacial score (nSPS) is 40.2. The summed E-state index contributed by atoms with van der Waals surface area (Å²) in [5.74, 6) is 0. The molecule has 0 aromatic heterocycles. The predicted octanol–water partition coefficient (Wildman–Crippen LogP) is 1.96. The van der Waals surface area contributed by atoms with E-state index in [2.05, 4.69) is 0 Å². The zero-order valence-corrected chi connectivity index (χ0v) is 9.05. The van der Waals surface area contributed by atoms with E-state index < -0.39 is 18.4 Å². The summed E-state index contributed by atoms with van der Waals surface area (Å²) in [4.78, 5) is 0. The highest BCUT2D eigenvalue weighted by atomic mass is 32.2. The Morgan fingerprint density at radius 2 is 2.15 bits per heavy atom. The molecule has 0 amide bonds. The van der Waals surface area contributed by atoms with Crippen LogP contribution in [-0.4, -0.2) is 34.2 Å². The van der Waals surface area contributed by atoms with E-state index in [1.807, 2.05) is 20.8 Å². The fraction of sp³-hybridized carbons (Fsp3) is 1.00. The lowest BCUT2D eigenvalue weighted by atomic mass is 10.1. The number of aliphatic hydroxyl groups is 1. The molecular weight excluding hydrogens is 191 g/mol. The van der Waals surface area contributed by atoms with Gasteiger partial charge in [0.05, 0.1) is 6.10 Å². The zero-order chi connectivity index (χ0) is 10.0. The number of aliphatic hydroxyl groups excluding tert-OH is 1. The molecule has 1 aliphatic heterocycles. The van der Waals surface area contributed by atoms with Crippen LogP contribution in [0.3, 0.4) is 0 Å². The van der Waals surface area contributed by atoms with Crippen molar-refractivity contribution in [1.82, 2.24) is 0 Å². The highest BCUT2D eigenvalue weighted by molar-refractivity contribution is 8.00. The van der Waals surface area contributed by atoms with Crippen LogP contribution in [0.15, 0.2) is 0 Å². The Labute approximate surface area is 82.8 Å². The number of halogens is 1. The Bertz CT molecular complexity index is 166. The van der Waals surface area contributed by atoms with E-state index in [0.29, 0.717) is 11.7 Å². The SMILES string of the molecule is CCC1OC(SC(C)C)C(O)C1F. The molecular formula is C9H17FO2S. The van der Waals surface area contributed by atoms with Crippen LogP contribution >= 0.6 is 11.8 Å². The minimum atomic E-state index is -1.22. The Morgan fingerprint density at radius 1 is 1.54 bits per heavy atom. The van der Waals surface area contributed by atoms with E-state index in [9.17, 15) is 9.50 Å². The monoisotopic (exact) mass is 208 g/mol. The Balaban J connectivity index is 2.50. The molecule has 1 aliphatic rings. The summed E-state index contributed by atoms with van der Waals surface area (Å²) >= 11 is 1.48. The maximum absolute atomic E-state index is 13.3. The van der Waals surface area contributed by atoms with Gasteiger partial charge in [0.1, 0.15) is 11.5 Å². The van der Waals surface area contributed by atoms with Crippen molar-refractivity contribution in [3.63, 3.8) is 0 Å². The van der Waals surface area contributed by atoms with Crippen molar-refractivity contribution in [2.45, 2.75) is 56.3 Å². The molecule has 2 nitrogen and oxygen atoms in total. The van der Waals surface area contributed by atoms with Crippen molar-refractivity contribution in [3.05, 3.63) is 0 Å². The fourth-order valence-electron chi connectivity index (χ4n) is 1.40. The molecule has 1 rings (SSSR count). The van der Waals surface area contributed by atoms with Crippen molar-refractivity contribution < 1.29 is 14.2 Å². The summed E-state index contributed by atoms with van der Waals surface area (Å²) in [5, 5.41) is 9.84. The topological polar surface area (TPSA) is 29.5 Å². The molecule has 0 saturated carbocycles. The minimum Gasteiger partial charge on any atom is -0.386 e. The van der Waals surface area contributed by atoms with Crippen LogP contribution in [0.1, 0.15) is 27.2 Å². The first kappa shape index (κ1) is 11.3. The Morgan fingerprint density at radius 3 is 2.54 bits per heavy atom. The van der Waals surface area contributed by atoms with Crippen molar-refractivity contribution in [1.29, 1.82) is 0 Å². The van der Waals surface area contributed by atoms with Crippen LogP contribution < -0.4 is 0 Å². The number of thioether (sulfide) groups is 1. The summed E-state index contributed by atoms with van der Waals surface area (Å²) in [5.41, 5.74) is -0.389. The first-order chi connectivity index (χ1) is 6.06. The van der Waals surface area contributed by atoms with Gasteiger partial charge in [-0.1, -0.05) is 20.8 Å². The third-order valence-electron chi connectivity index (χ3n) is 2.08. The van der Waals surface area contributed by atoms with Gasteiger partial charge in [0.25, 0.3) is 0 Å². The lowest BCUT2D eigenvalue weighted by molar-refractivity contribution is 0.0594. The molecule has 0 aromatic rings. The third-order valence-corrected chi connectivity index (χ3v) is 3.28. The van der Waals surface area contributed by atoms with Gasteiger partial charge in [-0.15, -0.1) is 11.8 Å². The molecule has 1 N–H and O–H groups in total. The van der Waals surface area contributed by atoms with Crippen molar-refractivity contribution >= 4 is 11.8 Å². The summed E-state index contributed by atoms with van der Waals surface area (Å²) in [6.07, 6.45) is -1.99. The molecule has 0 aromatic carbocycles. The van der Waals surface area contributed by atoms with Gasteiger partial charge in [0.15, 0.2) is 6.17 Å². The smallest absolute Gasteiger partial charge is 0.155 e. The van der Waals surface area contributed by atoms with Gasteiger partial charge in [-0.05, 0) is 6.42 Å². The molecule has 4 unspecified atom stereocenters. The van der Waals surface area contributed by atoms with E-state index in [4.69, 9.17) is 4.74 Å². The molecule has 13 heavy (non-hydrogen) atoms. The Hall–Kier alpha value is 0.200. The maximum atomic E-state index is 13.3. The second kappa shape index (κ2) is 4.62. The molecule has 78 valence electrons. The minimum absolute atomic E-state index is 0.349. The first-order valence-electron chi connectivity index (χ1n) is 4.69. The van der Waals surface area contributed by atoms with E-state index >= 15 is 0 Å². The highest BCUT2D eigenvalue weighted by Crippen LogP contribution is 2.34. The zero-order valence-electron chi connectivity index (χ0n) is 8.24. The first-order valence-corrected chi connectivity index (χ1v) is 5.63. The van der Waals surface area contributed by atoms with E-state index in [1.54, 1.807) is 0 Å². The van der Waals surface area contributed by atoms with E-state index in [-0.39, 0.29) is 5.44 Å². The van der Waals surface area contributed by atoms with Crippen LogP contribution in [0.4, 0.5) is 4.39 Å². The van der Waals surface area contributed by atoms with Gasteiger partial charge >= 0.3 is 0 Å². The van der Waals surface area contributed by atoms with Crippen molar-refractivity contribution in [2.24, 2.45) is 0 Å². The molecule has 0 aliphatic carbocycles. The molecule has 1 saturated heterocycles.